The second kappa shape index (κ2) is 5.05. The summed E-state index contributed by atoms with van der Waals surface area (Å²) in [6.07, 6.45) is 4.07. The largest absolute Gasteiger partial charge is 0.508 e. The van der Waals surface area contributed by atoms with Crippen LogP contribution in [0.1, 0.15) is 12.8 Å². The summed E-state index contributed by atoms with van der Waals surface area (Å²) in [6, 6.07) is 7.42. The number of rotatable bonds is 2. The zero-order valence-corrected chi connectivity index (χ0v) is 10.9. The summed E-state index contributed by atoms with van der Waals surface area (Å²) in [4.78, 5) is 6.81. The van der Waals surface area contributed by atoms with E-state index in [1.54, 1.807) is 12.1 Å². The van der Waals surface area contributed by atoms with E-state index in [1.807, 2.05) is 18.3 Å². The Hall–Kier alpha value is -1.81. The Morgan fingerprint density at radius 1 is 1.26 bits per heavy atom. The van der Waals surface area contributed by atoms with Crippen LogP contribution in [0.2, 0.25) is 0 Å². The SMILES string of the molecule is NCC1CCN(c2nccc3ccc(O)cc23)CC1. The maximum Gasteiger partial charge on any atom is 0.136 e. The first-order valence-electron chi connectivity index (χ1n) is 6.80. The summed E-state index contributed by atoms with van der Waals surface area (Å²) in [6.45, 7) is 2.75. The molecule has 1 fully saturated rings. The van der Waals surface area contributed by atoms with Gasteiger partial charge in [-0.25, -0.2) is 4.98 Å². The van der Waals surface area contributed by atoms with E-state index < -0.39 is 0 Å². The van der Waals surface area contributed by atoms with E-state index in [0.717, 1.165) is 49.1 Å². The summed E-state index contributed by atoms with van der Waals surface area (Å²) in [7, 11) is 0. The van der Waals surface area contributed by atoms with E-state index in [4.69, 9.17) is 5.73 Å². The molecule has 3 rings (SSSR count). The third-order valence-corrected chi connectivity index (χ3v) is 3.98. The number of benzene rings is 1. The minimum Gasteiger partial charge on any atom is -0.508 e. The van der Waals surface area contributed by atoms with Gasteiger partial charge >= 0.3 is 0 Å². The highest BCUT2D eigenvalue weighted by Crippen LogP contribution is 2.30. The quantitative estimate of drug-likeness (QED) is 0.865. The number of hydrogen-bond donors (Lipinski definition) is 2. The van der Waals surface area contributed by atoms with Crippen LogP contribution in [-0.4, -0.2) is 29.7 Å². The van der Waals surface area contributed by atoms with Gasteiger partial charge in [-0.3, -0.25) is 0 Å². The van der Waals surface area contributed by atoms with E-state index in [-0.39, 0.29) is 0 Å². The number of aromatic nitrogens is 1. The number of phenols is 1. The van der Waals surface area contributed by atoms with Crippen LogP contribution in [0.3, 0.4) is 0 Å². The van der Waals surface area contributed by atoms with Gasteiger partial charge in [0, 0.05) is 24.7 Å². The van der Waals surface area contributed by atoms with Gasteiger partial charge in [-0.2, -0.15) is 0 Å². The molecule has 0 aliphatic carbocycles. The number of nitrogens with zero attached hydrogens (tertiary/aromatic N) is 2. The van der Waals surface area contributed by atoms with Gasteiger partial charge in [0.1, 0.15) is 11.6 Å². The highest BCUT2D eigenvalue weighted by Gasteiger charge is 2.20. The second-order valence-corrected chi connectivity index (χ2v) is 5.21. The fourth-order valence-corrected chi connectivity index (χ4v) is 2.77. The summed E-state index contributed by atoms with van der Waals surface area (Å²) < 4.78 is 0. The van der Waals surface area contributed by atoms with Crippen LogP contribution in [-0.2, 0) is 0 Å². The Balaban J connectivity index is 1.94. The van der Waals surface area contributed by atoms with Crippen LogP contribution < -0.4 is 10.6 Å². The van der Waals surface area contributed by atoms with Gasteiger partial charge in [0.15, 0.2) is 0 Å². The summed E-state index contributed by atoms with van der Waals surface area (Å²) >= 11 is 0. The van der Waals surface area contributed by atoms with Gasteiger partial charge in [0.05, 0.1) is 0 Å². The van der Waals surface area contributed by atoms with Gasteiger partial charge in [-0.05, 0) is 48.9 Å². The van der Waals surface area contributed by atoms with Crippen LogP contribution in [0, 0.1) is 5.92 Å². The fourth-order valence-electron chi connectivity index (χ4n) is 2.77. The molecule has 2 aromatic rings. The van der Waals surface area contributed by atoms with Crippen molar-refractivity contribution in [2.75, 3.05) is 24.5 Å². The zero-order valence-electron chi connectivity index (χ0n) is 10.9. The fraction of sp³-hybridized carbons (Fsp3) is 0.400. The van der Waals surface area contributed by atoms with Crippen molar-refractivity contribution in [2.45, 2.75) is 12.8 Å². The molecule has 3 N–H and O–H groups in total. The first-order chi connectivity index (χ1) is 9.28. The van der Waals surface area contributed by atoms with E-state index in [2.05, 4.69) is 9.88 Å². The molecule has 1 saturated heterocycles. The average molecular weight is 257 g/mol. The van der Waals surface area contributed by atoms with Crippen LogP contribution >= 0.6 is 0 Å². The molecule has 0 radical (unpaired) electrons. The second-order valence-electron chi connectivity index (χ2n) is 5.21. The molecule has 0 atom stereocenters. The summed E-state index contributed by atoms with van der Waals surface area (Å²) in [5.74, 6) is 1.90. The number of aromatic hydroxyl groups is 1. The molecule has 19 heavy (non-hydrogen) atoms. The summed E-state index contributed by atoms with van der Waals surface area (Å²) in [5, 5.41) is 11.8. The highest BCUT2D eigenvalue weighted by atomic mass is 16.3. The molecular formula is C15H19N3O. The van der Waals surface area contributed by atoms with Gasteiger partial charge in [-0.1, -0.05) is 6.07 Å². The van der Waals surface area contributed by atoms with E-state index in [0.29, 0.717) is 11.7 Å². The first kappa shape index (κ1) is 12.2. The monoisotopic (exact) mass is 257 g/mol. The Morgan fingerprint density at radius 2 is 2.05 bits per heavy atom. The molecule has 4 heteroatoms. The molecule has 1 aromatic carbocycles. The molecule has 1 aromatic heterocycles. The molecule has 2 heterocycles. The van der Waals surface area contributed by atoms with Crippen molar-refractivity contribution in [3.8, 4) is 5.75 Å². The maximum atomic E-state index is 9.67. The van der Waals surface area contributed by atoms with Crippen molar-refractivity contribution < 1.29 is 5.11 Å². The van der Waals surface area contributed by atoms with Crippen LogP contribution in [0.5, 0.6) is 5.75 Å². The predicted molar refractivity (Wildman–Crippen MR) is 77.4 cm³/mol. The lowest BCUT2D eigenvalue weighted by Gasteiger charge is -2.32. The van der Waals surface area contributed by atoms with Gasteiger partial charge in [0.2, 0.25) is 0 Å². The minimum absolute atomic E-state index is 0.290. The van der Waals surface area contributed by atoms with Crippen molar-refractivity contribution >= 4 is 16.6 Å². The molecule has 0 saturated carbocycles. The average Bonchev–Trinajstić information content (AvgIpc) is 2.47. The highest BCUT2D eigenvalue weighted by molar-refractivity contribution is 5.93. The van der Waals surface area contributed by atoms with Gasteiger partial charge in [0.25, 0.3) is 0 Å². The first-order valence-corrected chi connectivity index (χ1v) is 6.80. The molecule has 0 unspecified atom stereocenters. The number of piperidine rings is 1. The predicted octanol–water partition coefficient (Wildman–Crippen LogP) is 2.12. The van der Waals surface area contributed by atoms with E-state index in [1.165, 1.54) is 0 Å². The third kappa shape index (κ3) is 2.36. The minimum atomic E-state index is 0.290. The molecule has 0 amide bonds. The molecule has 0 bridgehead atoms. The third-order valence-electron chi connectivity index (χ3n) is 3.98. The Kier molecular flexibility index (Phi) is 3.25. The molecular weight excluding hydrogens is 238 g/mol. The number of phenolic OH excluding ortho intramolecular Hbond substituents is 1. The number of hydrogen-bond acceptors (Lipinski definition) is 4. The van der Waals surface area contributed by atoms with Crippen molar-refractivity contribution in [1.29, 1.82) is 0 Å². The van der Waals surface area contributed by atoms with Crippen molar-refractivity contribution in [3.05, 3.63) is 30.5 Å². The number of fused-ring (bicyclic) bond motifs is 1. The maximum absolute atomic E-state index is 9.67. The number of pyridine rings is 1. The Bertz CT molecular complexity index is 577. The smallest absolute Gasteiger partial charge is 0.136 e. The van der Waals surface area contributed by atoms with Gasteiger partial charge in [-0.15, -0.1) is 0 Å². The lowest BCUT2D eigenvalue weighted by atomic mass is 9.97. The van der Waals surface area contributed by atoms with E-state index >= 15 is 0 Å². The Labute approximate surface area is 112 Å². The van der Waals surface area contributed by atoms with E-state index in [9.17, 15) is 5.11 Å². The molecule has 100 valence electrons. The zero-order chi connectivity index (χ0) is 13.2. The summed E-state index contributed by atoms with van der Waals surface area (Å²) in [5.41, 5.74) is 5.73. The number of nitrogens with two attached hydrogens (primary N) is 1. The van der Waals surface area contributed by atoms with Crippen molar-refractivity contribution in [3.63, 3.8) is 0 Å². The van der Waals surface area contributed by atoms with Gasteiger partial charge < -0.3 is 15.7 Å². The molecule has 4 nitrogen and oxygen atoms in total. The van der Waals surface area contributed by atoms with Crippen LogP contribution in [0.15, 0.2) is 30.5 Å². The van der Waals surface area contributed by atoms with Crippen molar-refractivity contribution in [1.82, 2.24) is 4.98 Å². The molecule has 1 aliphatic heterocycles. The van der Waals surface area contributed by atoms with Crippen LogP contribution in [0.4, 0.5) is 5.82 Å². The standard InChI is InChI=1S/C15H19N3O/c16-10-11-4-7-18(8-5-11)15-14-9-13(19)2-1-12(14)3-6-17-15/h1-3,6,9,11,19H,4-5,7-8,10,16H2. The molecule has 0 spiro atoms. The lowest BCUT2D eigenvalue weighted by molar-refractivity contribution is 0.413. The topological polar surface area (TPSA) is 62.4 Å². The van der Waals surface area contributed by atoms with Crippen LogP contribution in [0.25, 0.3) is 10.8 Å². The lowest BCUT2D eigenvalue weighted by Crippen LogP contribution is -2.36. The normalized spacial score (nSPS) is 17.0. The Morgan fingerprint density at radius 3 is 2.79 bits per heavy atom. The number of anilines is 1. The molecule has 1 aliphatic rings. The van der Waals surface area contributed by atoms with Crippen molar-refractivity contribution in [2.24, 2.45) is 11.7 Å².